The number of nitrogens with zero attached hydrogens (tertiary/aromatic N) is 5. The lowest BCUT2D eigenvalue weighted by Gasteiger charge is -2.29. The molecule has 0 spiro atoms. The van der Waals surface area contributed by atoms with Crippen LogP contribution >= 0.6 is 0 Å². The van der Waals surface area contributed by atoms with Crippen LogP contribution in [0.5, 0.6) is 5.75 Å². The van der Waals surface area contributed by atoms with Crippen molar-refractivity contribution in [2.24, 2.45) is 5.92 Å². The van der Waals surface area contributed by atoms with E-state index in [-0.39, 0.29) is 18.1 Å². The topological polar surface area (TPSA) is 85.9 Å². The predicted octanol–water partition coefficient (Wildman–Crippen LogP) is 3.82. The highest BCUT2D eigenvalue weighted by Crippen LogP contribution is 2.37. The molecule has 0 unspecified atom stereocenters. The van der Waals surface area contributed by atoms with E-state index in [1.54, 1.807) is 0 Å². The molecule has 1 fully saturated rings. The van der Waals surface area contributed by atoms with E-state index in [4.69, 9.17) is 19.7 Å². The van der Waals surface area contributed by atoms with Gasteiger partial charge in [-0.1, -0.05) is 5.21 Å². The van der Waals surface area contributed by atoms with Gasteiger partial charge in [0.25, 0.3) is 0 Å². The number of nitriles is 1. The molecule has 5 rings (SSSR count). The quantitative estimate of drug-likeness (QED) is 0.674. The second kappa shape index (κ2) is 7.12. The summed E-state index contributed by atoms with van der Waals surface area (Å²) >= 11 is 0. The van der Waals surface area contributed by atoms with Gasteiger partial charge in [-0.3, -0.25) is 4.98 Å². The monoisotopic (exact) mass is 389 g/mol. The Balaban J connectivity index is 1.37. The van der Waals surface area contributed by atoms with Crippen molar-refractivity contribution in [2.45, 2.75) is 51.9 Å². The lowest BCUT2D eigenvalue weighted by molar-refractivity contribution is 0.110. The molecule has 0 N–H and O–H groups in total. The summed E-state index contributed by atoms with van der Waals surface area (Å²) in [5.74, 6) is 0.944. The van der Waals surface area contributed by atoms with Crippen LogP contribution in [0, 0.1) is 24.2 Å². The Bertz CT molecular complexity index is 1110. The van der Waals surface area contributed by atoms with Crippen LogP contribution in [0.4, 0.5) is 0 Å². The van der Waals surface area contributed by atoms with E-state index in [9.17, 15) is 0 Å². The molecule has 1 aromatic carbocycles. The third kappa shape index (κ3) is 3.23. The molecule has 3 heterocycles. The molecule has 0 saturated heterocycles. The van der Waals surface area contributed by atoms with Gasteiger partial charge in [0, 0.05) is 16.6 Å². The number of hydrogen-bond donors (Lipinski definition) is 0. The SMILES string of the molecule is Cc1nc2ccc(O[C@H](C)c3cn(C4CC(C#N)C4)nn3)cc2c2c1COCC2. The van der Waals surface area contributed by atoms with E-state index in [0.717, 1.165) is 53.9 Å². The number of pyridine rings is 1. The van der Waals surface area contributed by atoms with Crippen molar-refractivity contribution in [3.05, 3.63) is 46.9 Å². The van der Waals surface area contributed by atoms with E-state index < -0.39 is 0 Å². The van der Waals surface area contributed by atoms with Gasteiger partial charge in [-0.25, -0.2) is 4.68 Å². The van der Waals surface area contributed by atoms with Gasteiger partial charge in [0.2, 0.25) is 0 Å². The standard InChI is InChI=1S/C22H23N5O2/c1-13-20-12-28-6-5-18(20)19-9-17(3-4-21(19)24-13)29-14(2)22-11-27(26-25-22)16-7-15(8-16)10-23/h3-4,9,11,14-16H,5-8,12H2,1-2H3/t14-,15?,16?/m1/s1. The first kappa shape index (κ1) is 18.1. The first-order valence-corrected chi connectivity index (χ1v) is 10.1. The Hall–Kier alpha value is -2.98. The summed E-state index contributed by atoms with van der Waals surface area (Å²) in [6.07, 6.45) is 4.31. The Labute approximate surface area is 169 Å². The van der Waals surface area contributed by atoms with E-state index in [0.29, 0.717) is 6.61 Å². The molecule has 7 heteroatoms. The average molecular weight is 389 g/mol. The molecule has 3 aromatic rings. The van der Waals surface area contributed by atoms with Crippen LogP contribution < -0.4 is 4.74 Å². The maximum Gasteiger partial charge on any atom is 0.141 e. The summed E-state index contributed by atoms with van der Waals surface area (Å²) in [7, 11) is 0. The third-order valence-corrected chi connectivity index (χ3v) is 6.05. The maximum atomic E-state index is 8.95. The van der Waals surface area contributed by atoms with Crippen molar-refractivity contribution in [1.29, 1.82) is 5.26 Å². The first-order chi connectivity index (χ1) is 14.1. The van der Waals surface area contributed by atoms with E-state index >= 15 is 0 Å². The maximum absolute atomic E-state index is 8.95. The molecule has 148 valence electrons. The minimum Gasteiger partial charge on any atom is -0.484 e. The molecule has 1 atom stereocenters. The number of hydrogen-bond acceptors (Lipinski definition) is 6. The number of aryl methyl sites for hydroxylation is 1. The molecule has 7 nitrogen and oxygen atoms in total. The second-order valence-corrected chi connectivity index (χ2v) is 7.97. The molecule has 0 bridgehead atoms. The van der Waals surface area contributed by atoms with Crippen LogP contribution in [0.15, 0.2) is 24.4 Å². The van der Waals surface area contributed by atoms with Crippen LogP contribution in [-0.2, 0) is 17.8 Å². The smallest absolute Gasteiger partial charge is 0.141 e. The van der Waals surface area contributed by atoms with Crippen molar-refractivity contribution < 1.29 is 9.47 Å². The number of fused-ring (bicyclic) bond motifs is 3. The molecule has 2 aromatic heterocycles. The molecule has 0 amide bonds. The molecule has 29 heavy (non-hydrogen) atoms. The van der Waals surface area contributed by atoms with Gasteiger partial charge < -0.3 is 9.47 Å². The fourth-order valence-corrected chi connectivity index (χ4v) is 4.21. The van der Waals surface area contributed by atoms with Gasteiger partial charge in [-0.05, 0) is 56.9 Å². The molecule has 1 aliphatic carbocycles. The van der Waals surface area contributed by atoms with Crippen LogP contribution in [0.1, 0.15) is 54.4 Å². The van der Waals surface area contributed by atoms with E-state index in [1.807, 2.05) is 36.9 Å². The zero-order valence-corrected chi connectivity index (χ0v) is 16.6. The largest absolute Gasteiger partial charge is 0.484 e. The zero-order chi connectivity index (χ0) is 20.0. The van der Waals surface area contributed by atoms with Crippen molar-refractivity contribution in [3.8, 4) is 11.8 Å². The normalized spacial score (nSPS) is 21.8. The highest BCUT2D eigenvalue weighted by molar-refractivity contribution is 5.85. The van der Waals surface area contributed by atoms with Crippen molar-refractivity contribution >= 4 is 10.9 Å². The summed E-state index contributed by atoms with van der Waals surface area (Å²) < 4.78 is 13.7. The fourth-order valence-electron chi connectivity index (χ4n) is 4.21. The van der Waals surface area contributed by atoms with Gasteiger partial charge in [-0.15, -0.1) is 5.10 Å². The Morgan fingerprint density at radius 2 is 2.17 bits per heavy atom. The second-order valence-electron chi connectivity index (χ2n) is 7.97. The number of rotatable bonds is 4. The highest BCUT2D eigenvalue weighted by atomic mass is 16.5. The number of ether oxygens (including phenoxy) is 2. The van der Waals surface area contributed by atoms with Gasteiger partial charge in [-0.2, -0.15) is 5.26 Å². The van der Waals surface area contributed by atoms with Crippen LogP contribution in [-0.4, -0.2) is 26.6 Å². The Morgan fingerprint density at radius 1 is 1.31 bits per heavy atom. The van der Waals surface area contributed by atoms with E-state index in [1.165, 1.54) is 11.1 Å². The molecule has 0 radical (unpaired) electrons. The highest BCUT2D eigenvalue weighted by Gasteiger charge is 2.31. The summed E-state index contributed by atoms with van der Waals surface area (Å²) in [5.41, 5.74) is 5.35. The van der Waals surface area contributed by atoms with Crippen molar-refractivity contribution in [3.63, 3.8) is 0 Å². The number of benzene rings is 1. The van der Waals surface area contributed by atoms with Crippen LogP contribution in [0.2, 0.25) is 0 Å². The fraction of sp³-hybridized carbons (Fsp3) is 0.455. The van der Waals surface area contributed by atoms with Gasteiger partial charge in [0.1, 0.15) is 17.5 Å². The third-order valence-electron chi connectivity index (χ3n) is 6.05. The summed E-state index contributed by atoms with van der Waals surface area (Å²) in [4.78, 5) is 4.73. The lowest BCUT2D eigenvalue weighted by Crippen LogP contribution is -2.26. The van der Waals surface area contributed by atoms with Crippen molar-refractivity contribution in [1.82, 2.24) is 20.0 Å². The lowest BCUT2D eigenvalue weighted by atomic mass is 9.81. The summed E-state index contributed by atoms with van der Waals surface area (Å²) in [5, 5.41) is 18.6. The summed E-state index contributed by atoms with van der Waals surface area (Å²) in [6, 6.07) is 8.64. The predicted molar refractivity (Wildman–Crippen MR) is 106 cm³/mol. The minimum absolute atomic E-state index is 0.146. The van der Waals surface area contributed by atoms with Gasteiger partial charge in [0.15, 0.2) is 0 Å². The van der Waals surface area contributed by atoms with Crippen LogP contribution in [0.25, 0.3) is 10.9 Å². The van der Waals surface area contributed by atoms with Gasteiger partial charge >= 0.3 is 0 Å². The number of aromatic nitrogens is 4. The molecule has 2 aliphatic rings. The zero-order valence-electron chi connectivity index (χ0n) is 16.6. The van der Waals surface area contributed by atoms with Gasteiger partial charge in [0.05, 0.1) is 43.0 Å². The Morgan fingerprint density at radius 3 is 3.00 bits per heavy atom. The van der Waals surface area contributed by atoms with E-state index in [2.05, 4.69) is 22.4 Å². The molecular weight excluding hydrogens is 366 g/mol. The molecular formula is C22H23N5O2. The molecule has 1 saturated carbocycles. The minimum atomic E-state index is -0.217. The Kier molecular flexibility index (Phi) is 4.44. The van der Waals surface area contributed by atoms with Crippen LogP contribution in [0.3, 0.4) is 0 Å². The van der Waals surface area contributed by atoms with Crippen molar-refractivity contribution in [2.75, 3.05) is 6.61 Å². The molecule has 1 aliphatic heterocycles. The summed E-state index contributed by atoms with van der Waals surface area (Å²) in [6.45, 7) is 5.39. The first-order valence-electron chi connectivity index (χ1n) is 10.1. The average Bonchev–Trinajstić information content (AvgIpc) is 3.18.